The Kier molecular flexibility index (Phi) is 5.18. The van der Waals surface area contributed by atoms with Crippen molar-refractivity contribution in [2.45, 2.75) is 31.9 Å². The maximum Gasteiger partial charge on any atom is 0.232 e. The molecule has 0 aliphatic carbocycles. The first-order valence-electron chi connectivity index (χ1n) is 8.67. The normalized spacial score (nSPS) is 24.0. The van der Waals surface area contributed by atoms with Crippen molar-refractivity contribution in [2.24, 2.45) is 5.41 Å². The number of rotatable bonds is 4. The lowest BCUT2D eigenvalue weighted by Crippen LogP contribution is -2.48. The van der Waals surface area contributed by atoms with E-state index in [0.717, 1.165) is 38.1 Å². The summed E-state index contributed by atoms with van der Waals surface area (Å²) in [6.45, 7) is 4.29. The summed E-state index contributed by atoms with van der Waals surface area (Å²) in [5, 5.41) is 0. The second-order valence-corrected chi connectivity index (χ2v) is 8.08. The Morgan fingerprint density at radius 1 is 1.25 bits per heavy atom. The van der Waals surface area contributed by atoms with Crippen LogP contribution >= 0.6 is 11.8 Å². The highest BCUT2D eigenvalue weighted by Crippen LogP contribution is 2.39. The first-order valence-corrected chi connectivity index (χ1v) is 9.83. The number of likely N-dealkylation sites (tertiary alicyclic amines) is 2. The zero-order valence-corrected chi connectivity index (χ0v) is 15.4. The summed E-state index contributed by atoms with van der Waals surface area (Å²) in [6.07, 6.45) is 2.80. The summed E-state index contributed by atoms with van der Waals surface area (Å²) in [5.41, 5.74) is 2.26. The van der Waals surface area contributed by atoms with Gasteiger partial charge in [-0.1, -0.05) is 24.3 Å². The Morgan fingerprint density at radius 3 is 2.83 bits per heavy atom. The predicted octanol–water partition coefficient (Wildman–Crippen LogP) is 2.70. The topological polar surface area (TPSA) is 40.6 Å². The molecule has 0 radical (unpaired) electrons. The summed E-state index contributed by atoms with van der Waals surface area (Å²) >= 11 is 1.67. The SMILES string of the molecule is Cc1ccccc1CSCC(=O)N1CCC2(CCCN(C)C2=O)C1. The fraction of sp³-hybridized carbons (Fsp3) is 0.579. The van der Waals surface area contributed by atoms with Crippen molar-refractivity contribution in [3.8, 4) is 0 Å². The maximum atomic E-state index is 12.5. The molecule has 2 heterocycles. The van der Waals surface area contributed by atoms with E-state index in [1.54, 1.807) is 11.8 Å². The van der Waals surface area contributed by atoms with E-state index in [0.29, 0.717) is 12.3 Å². The number of aryl methyl sites for hydroxylation is 1. The molecule has 2 aliphatic heterocycles. The van der Waals surface area contributed by atoms with Gasteiger partial charge in [0.15, 0.2) is 0 Å². The number of benzene rings is 1. The minimum Gasteiger partial charge on any atom is -0.345 e. The van der Waals surface area contributed by atoms with E-state index >= 15 is 0 Å². The fourth-order valence-electron chi connectivity index (χ4n) is 3.84. The van der Waals surface area contributed by atoms with Crippen LogP contribution in [0.1, 0.15) is 30.4 Å². The van der Waals surface area contributed by atoms with Gasteiger partial charge >= 0.3 is 0 Å². The number of amides is 2. The van der Waals surface area contributed by atoms with E-state index < -0.39 is 0 Å². The smallest absolute Gasteiger partial charge is 0.232 e. The van der Waals surface area contributed by atoms with Crippen molar-refractivity contribution in [3.63, 3.8) is 0 Å². The standard InChI is InChI=1S/C19H26N2O2S/c1-15-6-3-4-7-16(15)12-24-13-17(22)21-11-9-19(14-21)8-5-10-20(2)18(19)23/h3-4,6-7H,5,8-14H2,1-2H3. The summed E-state index contributed by atoms with van der Waals surface area (Å²) in [4.78, 5) is 28.8. The predicted molar refractivity (Wildman–Crippen MR) is 97.8 cm³/mol. The number of thioether (sulfide) groups is 1. The van der Waals surface area contributed by atoms with Crippen LogP contribution < -0.4 is 0 Å². The van der Waals surface area contributed by atoms with E-state index in [1.165, 1.54) is 11.1 Å². The van der Waals surface area contributed by atoms with Gasteiger partial charge in [0.1, 0.15) is 0 Å². The molecule has 3 rings (SSSR count). The number of nitrogens with zero attached hydrogens (tertiary/aromatic N) is 2. The maximum absolute atomic E-state index is 12.5. The number of hydrogen-bond acceptors (Lipinski definition) is 3. The minimum atomic E-state index is -0.302. The molecule has 24 heavy (non-hydrogen) atoms. The van der Waals surface area contributed by atoms with Gasteiger partial charge in [-0.3, -0.25) is 9.59 Å². The van der Waals surface area contributed by atoms with Gasteiger partial charge in [-0.05, 0) is 37.3 Å². The van der Waals surface area contributed by atoms with Crippen LogP contribution in [0, 0.1) is 12.3 Å². The highest BCUT2D eigenvalue weighted by molar-refractivity contribution is 7.99. The molecule has 2 saturated heterocycles. The number of carbonyl (C=O) groups is 2. The van der Waals surface area contributed by atoms with Crippen LogP contribution in [0.4, 0.5) is 0 Å². The third-order valence-corrected chi connectivity index (χ3v) is 6.37. The highest BCUT2D eigenvalue weighted by atomic mass is 32.2. The lowest BCUT2D eigenvalue weighted by Gasteiger charge is -2.37. The van der Waals surface area contributed by atoms with Crippen LogP contribution in [0.2, 0.25) is 0 Å². The molecule has 0 aromatic heterocycles. The van der Waals surface area contributed by atoms with Crippen LogP contribution in [-0.2, 0) is 15.3 Å². The molecule has 1 spiro atoms. The summed E-state index contributed by atoms with van der Waals surface area (Å²) in [5.74, 6) is 1.76. The molecule has 0 saturated carbocycles. The molecule has 1 atom stereocenters. The first-order chi connectivity index (χ1) is 11.5. The number of hydrogen-bond donors (Lipinski definition) is 0. The van der Waals surface area contributed by atoms with Crippen molar-refractivity contribution < 1.29 is 9.59 Å². The van der Waals surface area contributed by atoms with E-state index in [2.05, 4.69) is 19.1 Å². The molecule has 2 amide bonds. The Morgan fingerprint density at radius 2 is 2.04 bits per heavy atom. The Bertz CT molecular complexity index is 634. The second-order valence-electron chi connectivity index (χ2n) is 7.10. The molecule has 1 aromatic carbocycles. The van der Waals surface area contributed by atoms with Gasteiger partial charge in [0.05, 0.1) is 11.2 Å². The lowest BCUT2D eigenvalue weighted by molar-refractivity contribution is -0.144. The third-order valence-electron chi connectivity index (χ3n) is 5.40. The Hall–Kier alpha value is -1.49. The molecule has 0 N–H and O–H groups in total. The van der Waals surface area contributed by atoms with Crippen LogP contribution in [-0.4, -0.2) is 54.0 Å². The van der Waals surface area contributed by atoms with Crippen molar-refractivity contribution in [1.82, 2.24) is 9.80 Å². The van der Waals surface area contributed by atoms with E-state index in [4.69, 9.17) is 0 Å². The molecule has 5 heteroatoms. The molecule has 2 fully saturated rings. The Balaban J connectivity index is 1.52. The van der Waals surface area contributed by atoms with Crippen LogP contribution in [0.15, 0.2) is 24.3 Å². The van der Waals surface area contributed by atoms with Gasteiger partial charge in [-0.2, -0.15) is 0 Å². The fourth-order valence-corrected chi connectivity index (χ4v) is 4.85. The summed E-state index contributed by atoms with van der Waals surface area (Å²) in [6, 6.07) is 8.30. The molecular weight excluding hydrogens is 320 g/mol. The van der Waals surface area contributed by atoms with Gasteiger partial charge in [0.25, 0.3) is 0 Å². The van der Waals surface area contributed by atoms with Gasteiger partial charge in [-0.25, -0.2) is 0 Å². The monoisotopic (exact) mass is 346 g/mol. The van der Waals surface area contributed by atoms with Crippen LogP contribution in [0.5, 0.6) is 0 Å². The average Bonchev–Trinajstić information content (AvgIpc) is 3.00. The van der Waals surface area contributed by atoms with Gasteiger partial charge < -0.3 is 9.80 Å². The quantitative estimate of drug-likeness (QED) is 0.842. The largest absolute Gasteiger partial charge is 0.345 e. The third kappa shape index (κ3) is 3.46. The number of piperidine rings is 1. The van der Waals surface area contributed by atoms with Crippen LogP contribution in [0.25, 0.3) is 0 Å². The first kappa shape index (κ1) is 17.3. The summed E-state index contributed by atoms with van der Waals surface area (Å²) in [7, 11) is 1.88. The summed E-state index contributed by atoms with van der Waals surface area (Å²) < 4.78 is 0. The zero-order chi connectivity index (χ0) is 17.2. The highest BCUT2D eigenvalue weighted by Gasteiger charge is 2.48. The average molecular weight is 346 g/mol. The van der Waals surface area contributed by atoms with Crippen molar-refractivity contribution in [2.75, 3.05) is 32.4 Å². The molecule has 4 nitrogen and oxygen atoms in total. The van der Waals surface area contributed by atoms with E-state index in [9.17, 15) is 9.59 Å². The van der Waals surface area contributed by atoms with Crippen molar-refractivity contribution >= 4 is 23.6 Å². The van der Waals surface area contributed by atoms with Gasteiger partial charge in [0, 0.05) is 32.4 Å². The molecule has 1 unspecified atom stereocenters. The molecular formula is C19H26N2O2S. The lowest BCUT2D eigenvalue weighted by atomic mass is 9.78. The number of carbonyl (C=O) groups excluding carboxylic acids is 2. The molecule has 2 aliphatic rings. The molecule has 1 aromatic rings. The van der Waals surface area contributed by atoms with E-state index in [1.807, 2.05) is 29.0 Å². The van der Waals surface area contributed by atoms with Gasteiger partial charge in [0.2, 0.25) is 11.8 Å². The zero-order valence-electron chi connectivity index (χ0n) is 14.6. The second kappa shape index (κ2) is 7.18. The Labute approximate surface area is 148 Å². The van der Waals surface area contributed by atoms with Crippen LogP contribution in [0.3, 0.4) is 0 Å². The van der Waals surface area contributed by atoms with Crippen molar-refractivity contribution in [3.05, 3.63) is 35.4 Å². The minimum absolute atomic E-state index is 0.173. The van der Waals surface area contributed by atoms with E-state index in [-0.39, 0.29) is 17.2 Å². The molecule has 0 bridgehead atoms. The molecule has 130 valence electrons. The van der Waals surface area contributed by atoms with Crippen molar-refractivity contribution in [1.29, 1.82) is 0 Å². The van der Waals surface area contributed by atoms with Gasteiger partial charge in [-0.15, -0.1) is 11.8 Å².